The average molecular weight is 337 g/mol. The number of nitrogens with zero attached hydrogens (tertiary/aromatic N) is 1. The Kier molecular flexibility index (Phi) is 4.78. The molecule has 0 spiro atoms. The lowest BCUT2D eigenvalue weighted by atomic mass is 9.80. The molecular formula is C22H27NO2. The molecule has 132 valence electrons. The maximum Gasteiger partial charge on any atom is 0.119 e. The maximum atomic E-state index is 10.2. The summed E-state index contributed by atoms with van der Waals surface area (Å²) in [6.07, 6.45) is 3.54. The zero-order valence-electron chi connectivity index (χ0n) is 14.9. The Morgan fingerprint density at radius 3 is 2.80 bits per heavy atom. The molecule has 3 atom stereocenters. The van der Waals surface area contributed by atoms with E-state index in [1.807, 2.05) is 18.2 Å². The maximum absolute atomic E-state index is 10.2. The van der Waals surface area contributed by atoms with Gasteiger partial charge in [0.25, 0.3) is 0 Å². The third-order valence-corrected chi connectivity index (χ3v) is 5.81. The van der Waals surface area contributed by atoms with Gasteiger partial charge in [0.15, 0.2) is 0 Å². The Morgan fingerprint density at radius 2 is 1.96 bits per heavy atom. The lowest BCUT2D eigenvalue weighted by molar-refractivity contribution is 0.0213. The van der Waals surface area contributed by atoms with E-state index in [0.29, 0.717) is 18.4 Å². The molecule has 0 aromatic heterocycles. The normalized spacial score (nSPS) is 23.9. The monoisotopic (exact) mass is 337 g/mol. The number of phenolic OH excluding ortho intramolecular Hbond substituents is 1. The number of benzene rings is 2. The largest absolute Gasteiger partial charge is 0.508 e. The number of phenols is 1. The van der Waals surface area contributed by atoms with E-state index in [9.17, 15) is 5.11 Å². The summed E-state index contributed by atoms with van der Waals surface area (Å²) in [4.78, 5) is 2.58. The minimum atomic E-state index is 0.213. The van der Waals surface area contributed by atoms with Gasteiger partial charge in [-0.15, -0.1) is 0 Å². The van der Waals surface area contributed by atoms with Gasteiger partial charge in [-0.25, -0.2) is 0 Å². The summed E-state index contributed by atoms with van der Waals surface area (Å²) in [7, 11) is 0. The van der Waals surface area contributed by atoms with E-state index in [2.05, 4.69) is 42.2 Å². The van der Waals surface area contributed by atoms with Crippen molar-refractivity contribution in [2.45, 2.75) is 44.9 Å². The van der Waals surface area contributed by atoms with Crippen LogP contribution in [0.15, 0.2) is 48.5 Å². The standard InChI is InChI=1S/C22H27NO2/c1-16(25-15-17-6-3-2-4-7-17)14-23-11-10-19-12-18-8-5-9-22(24)20(18)13-21(19)23/h2-9,16,19,21,24H,10-15H2,1H3. The van der Waals surface area contributed by atoms with Gasteiger partial charge < -0.3 is 9.84 Å². The molecule has 3 nitrogen and oxygen atoms in total. The fourth-order valence-corrected chi connectivity index (χ4v) is 4.48. The summed E-state index contributed by atoms with van der Waals surface area (Å²) >= 11 is 0. The summed E-state index contributed by atoms with van der Waals surface area (Å²) in [5.41, 5.74) is 3.73. The first-order valence-electron chi connectivity index (χ1n) is 9.40. The van der Waals surface area contributed by atoms with Gasteiger partial charge in [-0.05, 0) is 61.4 Å². The fraction of sp³-hybridized carbons (Fsp3) is 0.455. The smallest absolute Gasteiger partial charge is 0.119 e. The molecule has 2 aromatic rings. The van der Waals surface area contributed by atoms with Crippen LogP contribution in [0.5, 0.6) is 5.75 Å². The van der Waals surface area contributed by atoms with Crippen LogP contribution in [0.3, 0.4) is 0 Å². The highest BCUT2D eigenvalue weighted by Crippen LogP contribution is 2.38. The molecule has 25 heavy (non-hydrogen) atoms. The van der Waals surface area contributed by atoms with Crippen molar-refractivity contribution in [1.29, 1.82) is 0 Å². The summed E-state index contributed by atoms with van der Waals surface area (Å²) in [6, 6.07) is 16.9. The van der Waals surface area contributed by atoms with Crippen LogP contribution in [0.1, 0.15) is 30.0 Å². The first-order chi connectivity index (χ1) is 12.2. The summed E-state index contributed by atoms with van der Waals surface area (Å²) in [5.74, 6) is 1.19. The first-order valence-corrected chi connectivity index (χ1v) is 9.40. The lowest BCUT2D eigenvalue weighted by Gasteiger charge is -2.34. The molecule has 1 aliphatic heterocycles. The van der Waals surface area contributed by atoms with Gasteiger partial charge in [-0.1, -0.05) is 42.5 Å². The van der Waals surface area contributed by atoms with Crippen molar-refractivity contribution in [2.75, 3.05) is 13.1 Å². The molecule has 3 heteroatoms. The van der Waals surface area contributed by atoms with Gasteiger partial charge in [0.1, 0.15) is 5.75 Å². The van der Waals surface area contributed by atoms with E-state index >= 15 is 0 Å². The molecule has 1 heterocycles. The van der Waals surface area contributed by atoms with Gasteiger partial charge in [0.05, 0.1) is 12.7 Å². The molecule has 3 unspecified atom stereocenters. The molecule has 1 aliphatic carbocycles. The van der Waals surface area contributed by atoms with Crippen molar-refractivity contribution in [3.63, 3.8) is 0 Å². The third-order valence-electron chi connectivity index (χ3n) is 5.81. The lowest BCUT2D eigenvalue weighted by Crippen LogP contribution is -2.41. The summed E-state index contributed by atoms with van der Waals surface area (Å²) < 4.78 is 6.07. The number of rotatable bonds is 5. The molecule has 1 saturated heterocycles. The van der Waals surface area contributed by atoms with E-state index in [1.54, 1.807) is 0 Å². The Hall–Kier alpha value is -1.84. The molecule has 0 saturated carbocycles. The van der Waals surface area contributed by atoms with Crippen LogP contribution in [0.4, 0.5) is 0 Å². The molecule has 4 rings (SSSR count). The van der Waals surface area contributed by atoms with Crippen molar-refractivity contribution in [3.05, 3.63) is 65.2 Å². The highest BCUT2D eigenvalue weighted by Gasteiger charge is 2.38. The molecule has 1 fully saturated rings. The summed E-state index contributed by atoms with van der Waals surface area (Å²) in [6.45, 7) is 4.96. The van der Waals surface area contributed by atoms with Gasteiger partial charge in [0.2, 0.25) is 0 Å². The Morgan fingerprint density at radius 1 is 1.12 bits per heavy atom. The second-order valence-corrected chi connectivity index (χ2v) is 7.54. The minimum absolute atomic E-state index is 0.213. The quantitative estimate of drug-likeness (QED) is 0.901. The second kappa shape index (κ2) is 7.19. The van der Waals surface area contributed by atoms with Gasteiger partial charge in [-0.2, -0.15) is 0 Å². The predicted octanol–water partition coefficient (Wildman–Crippen LogP) is 3.79. The minimum Gasteiger partial charge on any atom is -0.508 e. The van der Waals surface area contributed by atoms with Gasteiger partial charge in [-0.3, -0.25) is 4.90 Å². The first kappa shape index (κ1) is 16.6. The van der Waals surface area contributed by atoms with Crippen molar-refractivity contribution in [3.8, 4) is 5.75 Å². The number of aromatic hydroxyl groups is 1. The van der Waals surface area contributed by atoms with Crippen molar-refractivity contribution in [1.82, 2.24) is 4.90 Å². The van der Waals surface area contributed by atoms with Crippen molar-refractivity contribution < 1.29 is 9.84 Å². The van der Waals surface area contributed by atoms with Crippen LogP contribution < -0.4 is 0 Å². The predicted molar refractivity (Wildman–Crippen MR) is 99.7 cm³/mol. The van der Waals surface area contributed by atoms with Crippen LogP contribution in [0.25, 0.3) is 0 Å². The van der Waals surface area contributed by atoms with Crippen LogP contribution in [0, 0.1) is 5.92 Å². The third kappa shape index (κ3) is 3.58. The Balaban J connectivity index is 1.37. The zero-order valence-corrected chi connectivity index (χ0v) is 14.9. The molecule has 1 N–H and O–H groups in total. The highest BCUT2D eigenvalue weighted by atomic mass is 16.5. The zero-order chi connectivity index (χ0) is 17.2. The number of hydrogen-bond acceptors (Lipinski definition) is 3. The van der Waals surface area contributed by atoms with Crippen molar-refractivity contribution >= 4 is 0 Å². The number of ether oxygens (including phenoxy) is 1. The number of hydrogen-bond donors (Lipinski definition) is 1. The second-order valence-electron chi connectivity index (χ2n) is 7.54. The van der Waals surface area contributed by atoms with E-state index in [4.69, 9.17) is 4.74 Å². The number of likely N-dealkylation sites (tertiary alicyclic amines) is 1. The topological polar surface area (TPSA) is 32.7 Å². The van der Waals surface area contributed by atoms with E-state index in [0.717, 1.165) is 37.4 Å². The van der Waals surface area contributed by atoms with Crippen LogP contribution in [0.2, 0.25) is 0 Å². The average Bonchev–Trinajstić information content (AvgIpc) is 3.02. The Labute approximate surface area is 150 Å². The van der Waals surface area contributed by atoms with E-state index in [-0.39, 0.29) is 6.10 Å². The fourth-order valence-electron chi connectivity index (χ4n) is 4.48. The van der Waals surface area contributed by atoms with Crippen LogP contribution >= 0.6 is 0 Å². The van der Waals surface area contributed by atoms with Crippen LogP contribution in [-0.2, 0) is 24.2 Å². The number of fused-ring (bicyclic) bond motifs is 2. The highest BCUT2D eigenvalue weighted by molar-refractivity contribution is 5.42. The van der Waals surface area contributed by atoms with Gasteiger partial charge in [0, 0.05) is 12.6 Å². The molecular weight excluding hydrogens is 310 g/mol. The van der Waals surface area contributed by atoms with Crippen molar-refractivity contribution in [2.24, 2.45) is 5.92 Å². The van der Waals surface area contributed by atoms with Gasteiger partial charge >= 0.3 is 0 Å². The summed E-state index contributed by atoms with van der Waals surface area (Å²) in [5, 5.41) is 10.2. The molecule has 0 radical (unpaired) electrons. The molecule has 2 aromatic carbocycles. The Bertz CT molecular complexity index is 715. The molecule has 2 aliphatic rings. The van der Waals surface area contributed by atoms with Crippen LogP contribution in [-0.4, -0.2) is 35.2 Å². The molecule has 0 bridgehead atoms. The molecule has 0 amide bonds. The SMILES string of the molecule is CC(CN1CCC2Cc3cccc(O)c3CC21)OCc1ccccc1. The van der Waals surface area contributed by atoms with E-state index in [1.165, 1.54) is 17.5 Å². The van der Waals surface area contributed by atoms with E-state index < -0.39 is 0 Å².